The topological polar surface area (TPSA) is 50.6 Å². The zero-order valence-corrected chi connectivity index (χ0v) is 16.5. The van der Waals surface area contributed by atoms with E-state index in [2.05, 4.69) is 49.5 Å². The summed E-state index contributed by atoms with van der Waals surface area (Å²) in [5.41, 5.74) is 1.11. The average Bonchev–Trinajstić information content (AvgIpc) is 3.04. The molecule has 0 saturated carbocycles. The van der Waals surface area contributed by atoms with E-state index in [4.69, 9.17) is 4.43 Å². The minimum Gasteiger partial charge on any atom is -0.409 e. The Kier molecular flexibility index (Phi) is 4.12. The molecule has 0 aliphatic carbocycles. The Morgan fingerprint density at radius 2 is 2.08 bits per heavy atom. The summed E-state index contributed by atoms with van der Waals surface area (Å²) in [5.74, 6) is 0.906. The highest BCUT2D eigenvalue weighted by Crippen LogP contribution is 2.37. The Hall–Kier alpha value is -1.60. The summed E-state index contributed by atoms with van der Waals surface area (Å²) in [6.07, 6.45) is 5.95. The highest BCUT2D eigenvalue weighted by Gasteiger charge is 2.39. The molecule has 0 N–H and O–H groups in total. The van der Waals surface area contributed by atoms with Crippen LogP contribution in [0.25, 0.3) is 5.70 Å². The lowest BCUT2D eigenvalue weighted by Gasteiger charge is -2.36. The number of aromatic nitrogens is 2. The predicted octanol–water partition coefficient (Wildman–Crippen LogP) is 3.00. The lowest BCUT2D eigenvalue weighted by atomic mass is 10.1. The van der Waals surface area contributed by atoms with Crippen LogP contribution in [0, 0.1) is 0 Å². The lowest BCUT2D eigenvalue weighted by molar-refractivity contribution is 0.201. The minimum atomic E-state index is -1.82. The molecule has 1 saturated heterocycles. The number of rotatable bonds is 4. The van der Waals surface area contributed by atoms with Crippen LogP contribution in [-0.2, 0) is 11.0 Å². The molecular weight excluding hydrogens is 320 g/mol. The molecule has 6 nitrogen and oxygen atoms in total. The molecule has 1 atom stereocenters. The summed E-state index contributed by atoms with van der Waals surface area (Å²) in [6, 6.07) is 0.253. The van der Waals surface area contributed by atoms with Gasteiger partial charge in [-0.3, -0.25) is 0 Å². The number of hydrogen-bond donors (Lipinski definition) is 0. The first-order valence-corrected chi connectivity index (χ1v) is 11.4. The van der Waals surface area contributed by atoms with E-state index in [1.165, 1.54) is 0 Å². The van der Waals surface area contributed by atoms with Crippen molar-refractivity contribution >= 4 is 20.0 Å². The minimum absolute atomic E-state index is 0.102. The molecule has 24 heavy (non-hydrogen) atoms. The zero-order valence-electron chi connectivity index (χ0n) is 15.5. The summed E-state index contributed by atoms with van der Waals surface area (Å²) >= 11 is 0. The summed E-state index contributed by atoms with van der Waals surface area (Å²) in [6.45, 7) is 13.1. The van der Waals surface area contributed by atoms with Gasteiger partial charge in [-0.05, 0) is 24.2 Å². The van der Waals surface area contributed by atoms with Crippen LogP contribution in [-0.4, -0.2) is 59.9 Å². The maximum absolute atomic E-state index is 12.1. The first-order valence-electron chi connectivity index (χ1n) is 8.49. The van der Waals surface area contributed by atoms with E-state index in [1.54, 1.807) is 4.90 Å². The number of carbonyl (C=O) groups excluding carboxylic acids is 1. The van der Waals surface area contributed by atoms with Crippen molar-refractivity contribution in [1.82, 2.24) is 19.4 Å². The van der Waals surface area contributed by atoms with Gasteiger partial charge in [0, 0.05) is 31.7 Å². The number of fused-ring (bicyclic) bond motifs is 2. The third kappa shape index (κ3) is 2.91. The molecule has 2 aliphatic heterocycles. The second-order valence-electron chi connectivity index (χ2n) is 8.26. The van der Waals surface area contributed by atoms with Crippen LogP contribution < -0.4 is 0 Å². The van der Waals surface area contributed by atoms with Gasteiger partial charge < -0.3 is 18.8 Å². The second-order valence-corrected chi connectivity index (χ2v) is 13.1. The van der Waals surface area contributed by atoms with Crippen molar-refractivity contribution < 1.29 is 9.22 Å². The Bertz CT molecular complexity index is 674. The SMILES string of the molecule is CN1C(=O)N2CC(n3ccnc3CO[Si](C)(C)C(C)(C)C)=CC1C2. The van der Waals surface area contributed by atoms with E-state index in [0.29, 0.717) is 13.2 Å². The number of hydrogen-bond acceptors (Lipinski definition) is 3. The molecule has 132 valence electrons. The molecule has 0 spiro atoms. The monoisotopic (exact) mass is 348 g/mol. The van der Waals surface area contributed by atoms with Gasteiger partial charge in [-0.2, -0.15) is 0 Å². The van der Waals surface area contributed by atoms with E-state index in [9.17, 15) is 4.79 Å². The van der Waals surface area contributed by atoms with Crippen molar-refractivity contribution in [3.8, 4) is 0 Å². The van der Waals surface area contributed by atoms with Crippen LogP contribution in [0.3, 0.4) is 0 Å². The van der Waals surface area contributed by atoms with Crippen LogP contribution in [0.4, 0.5) is 4.79 Å². The fraction of sp³-hybridized carbons (Fsp3) is 0.647. The van der Waals surface area contributed by atoms with Gasteiger partial charge in [0.15, 0.2) is 8.32 Å². The Labute approximate surface area is 145 Å². The molecule has 0 aromatic carbocycles. The molecule has 0 radical (unpaired) electrons. The van der Waals surface area contributed by atoms with Gasteiger partial charge in [0.2, 0.25) is 0 Å². The second kappa shape index (κ2) is 5.74. The first kappa shape index (κ1) is 17.2. The van der Waals surface area contributed by atoms with Gasteiger partial charge >= 0.3 is 6.03 Å². The molecule has 1 unspecified atom stereocenters. The van der Waals surface area contributed by atoms with Gasteiger partial charge in [-0.15, -0.1) is 0 Å². The van der Waals surface area contributed by atoms with Gasteiger partial charge in [-0.25, -0.2) is 9.78 Å². The van der Waals surface area contributed by atoms with E-state index < -0.39 is 8.32 Å². The molecule has 3 rings (SSSR count). The number of amides is 2. The van der Waals surface area contributed by atoms with Crippen molar-refractivity contribution in [3.05, 3.63) is 24.3 Å². The number of imidazole rings is 1. The molecule has 2 bridgehead atoms. The number of likely N-dealkylation sites (N-methyl/N-ethyl adjacent to an activating group) is 1. The maximum Gasteiger partial charge on any atom is 0.320 e. The number of urea groups is 1. The predicted molar refractivity (Wildman–Crippen MR) is 97.0 cm³/mol. The van der Waals surface area contributed by atoms with Crippen LogP contribution in [0.2, 0.25) is 18.1 Å². The molecule has 2 amide bonds. The van der Waals surface area contributed by atoms with Gasteiger partial charge in [0.25, 0.3) is 0 Å². The molecule has 1 fully saturated rings. The summed E-state index contributed by atoms with van der Waals surface area (Å²) in [5, 5.41) is 0.175. The van der Waals surface area contributed by atoms with Crippen molar-refractivity contribution in [3.63, 3.8) is 0 Å². The van der Waals surface area contributed by atoms with Crippen LogP contribution >= 0.6 is 0 Å². The van der Waals surface area contributed by atoms with Crippen LogP contribution in [0.5, 0.6) is 0 Å². The highest BCUT2D eigenvalue weighted by atomic mass is 28.4. The number of carbonyl (C=O) groups is 1. The first-order chi connectivity index (χ1) is 11.1. The van der Waals surface area contributed by atoms with Crippen LogP contribution in [0.15, 0.2) is 18.5 Å². The van der Waals surface area contributed by atoms with E-state index in [0.717, 1.165) is 18.1 Å². The Balaban J connectivity index is 1.78. The van der Waals surface area contributed by atoms with Gasteiger partial charge in [0.1, 0.15) is 5.82 Å². The normalized spacial score (nSPS) is 21.5. The molecular formula is C17H28N4O2Si. The van der Waals surface area contributed by atoms with Gasteiger partial charge in [-0.1, -0.05) is 20.8 Å². The van der Waals surface area contributed by atoms with Crippen molar-refractivity contribution in [2.45, 2.75) is 51.6 Å². The highest BCUT2D eigenvalue weighted by molar-refractivity contribution is 6.74. The fourth-order valence-electron chi connectivity index (χ4n) is 2.88. The quantitative estimate of drug-likeness (QED) is 0.786. The third-order valence-corrected chi connectivity index (χ3v) is 10.1. The van der Waals surface area contributed by atoms with Crippen LogP contribution in [0.1, 0.15) is 26.6 Å². The average molecular weight is 349 g/mol. The molecule has 1 aromatic heterocycles. The summed E-state index contributed by atoms with van der Waals surface area (Å²) in [7, 11) is 0.0472. The van der Waals surface area contributed by atoms with E-state index >= 15 is 0 Å². The standard InChI is InChI=1S/C17H28N4O2Si/c1-17(2,3)24(5,6)23-12-15-18-7-8-21(15)14-9-13-10-20(11-14)16(22)19(13)4/h7-9,13H,10-12H2,1-6H3. The molecule has 7 heteroatoms. The largest absolute Gasteiger partial charge is 0.409 e. The van der Waals surface area contributed by atoms with Gasteiger partial charge in [0.05, 0.1) is 19.2 Å². The summed E-state index contributed by atoms with van der Waals surface area (Å²) < 4.78 is 8.40. The maximum atomic E-state index is 12.1. The Morgan fingerprint density at radius 1 is 1.38 bits per heavy atom. The van der Waals surface area contributed by atoms with Crippen molar-refractivity contribution in [2.75, 3.05) is 20.1 Å². The Morgan fingerprint density at radius 3 is 2.71 bits per heavy atom. The summed E-state index contributed by atoms with van der Waals surface area (Å²) in [4.78, 5) is 20.3. The van der Waals surface area contributed by atoms with Crippen molar-refractivity contribution in [1.29, 1.82) is 0 Å². The number of nitrogens with zero attached hydrogens (tertiary/aromatic N) is 4. The van der Waals surface area contributed by atoms with E-state index in [1.807, 2.05) is 24.3 Å². The third-order valence-electron chi connectivity index (χ3n) is 5.61. The lowest BCUT2D eigenvalue weighted by Crippen LogP contribution is -2.40. The molecule has 3 heterocycles. The van der Waals surface area contributed by atoms with E-state index in [-0.39, 0.29) is 17.1 Å². The fourth-order valence-corrected chi connectivity index (χ4v) is 3.80. The smallest absolute Gasteiger partial charge is 0.320 e. The van der Waals surface area contributed by atoms with Crippen molar-refractivity contribution in [2.24, 2.45) is 0 Å². The molecule has 2 aliphatic rings. The zero-order chi connectivity index (χ0) is 17.7. The molecule has 1 aromatic rings.